The minimum atomic E-state index is -1.21. The third-order valence-corrected chi connectivity index (χ3v) is 11.3. The number of aliphatic hydroxyl groups is 6. The molecule has 0 radical (unpaired) electrons. The summed E-state index contributed by atoms with van der Waals surface area (Å²) in [5, 5.41) is 69.2. The standard InChI is InChI=1S/C15H16BrN5O4S.C15H16ClN5O4S/c16-9-1-7(4-26-9)2-17-13-10-14(19-5-18-13)21(6-20-10)15-12(24)11(23)8(3-22)25-15;16-12-7(1-2-26-12)3-17-13-9-14(19-5-18-13)21(6-20-9)15-11(24)10(23)8(4-22)25-15/h1,4-6,8,11-12,15,22-24H,2-3H2,(H,17,18,19);1-2,5-6,8,10-11,15,22-24H,3-4H2,(H,17,18,19)/t8-,11-,12-,15-;8-,10-,11-,15-/m11/s1. The molecule has 8 rings (SSSR count). The molecule has 276 valence electrons. The maximum atomic E-state index is 10.2. The number of ether oxygens (including phenoxy) is 2. The highest BCUT2D eigenvalue weighted by atomic mass is 79.9. The van der Waals surface area contributed by atoms with Crippen molar-refractivity contribution < 1.29 is 40.1 Å². The van der Waals surface area contributed by atoms with Gasteiger partial charge in [0, 0.05) is 18.7 Å². The average molecular weight is 840 g/mol. The van der Waals surface area contributed by atoms with E-state index in [-0.39, 0.29) is 6.61 Å². The Morgan fingerprint density at radius 3 is 1.73 bits per heavy atom. The van der Waals surface area contributed by atoms with Gasteiger partial charge in [0.05, 0.1) is 34.0 Å². The van der Waals surface area contributed by atoms with E-state index in [1.807, 2.05) is 22.9 Å². The van der Waals surface area contributed by atoms with E-state index in [0.717, 1.165) is 14.9 Å². The molecule has 0 saturated carbocycles. The maximum Gasteiger partial charge on any atom is 0.167 e. The van der Waals surface area contributed by atoms with Crippen molar-refractivity contribution in [3.05, 3.63) is 67.5 Å². The first-order valence-electron chi connectivity index (χ1n) is 15.7. The van der Waals surface area contributed by atoms with Gasteiger partial charge >= 0.3 is 0 Å². The monoisotopic (exact) mass is 838 g/mol. The van der Waals surface area contributed by atoms with Crippen molar-refractivity contribution in [1.82, 2.24) is 39.0 Å². The van der Waals surface area contributed by atoms with Gasteiger partial charge in [-0.25, -0.2) is 29.9 Å². The summed E-state index contributed by atoms with van der Waals surface area (Å²) >= 11 is 12.6. The first-order chi connectivity index (χ1) is 25.2. The number of halogens is 2. The molecule has 2 aliphatic rings. The van der Waals surface area contributed by atoms with Crippen LogP contribution in [0.3, 0.4) is 0 Å². The Morgan fingerprint density at radius 2 is 1.29 bits per heavy atom. The fourth-order valence-corrected chi connectivity index (χ4v) is 7.94. The van der Waals surface area contributed by atoms with E-state index in [9.17, 15) is 30.6 Å². The van der Waals surface area contributed by atoms with Gasteiger partial charge in [0.1, 0.15) is 49.3 Å². The second-order valence-corrected chi connectivity index (χ2v) is 15.5. The zero-order valence-corrected chi connectivity index (χ0v) is 30.7. The van der Waals surface area contributed by atoms with Gasteiger partial charge < -0.3 is 50.7 Å². The number of aromatic nitrogens is 8. The van der Waals surface area contributed by atoms with Crippen LogP contribution < -0.4 is 10.6 Å². The smallest absolute Gasteiger partial charge is 0.167 e. The lowest BCUT2D eigenvalue weighted by Gasteiger charge is -2.16. The summed E-state index contributed by atoms with van der Waals surface area (Å²) in [5.41, 5.74) is 3.98. The fourth-order valence-electron chi connectivity index (χ4n) is 5.80. The molecule has 2 aliphatic heterocycles. The van der Waals surface area contributed by atoms with Crippen LogP contribution in [0.25, 0.3) is 22.3 Å². The molecule has 2 fully saturated rings. The number of hydrogen-bond donors (Lipinski definition) is 8. The highest BCUT2D eigenvalue weighted by molar-refractivity contribution is 9.11. The third-order valence-electron chi connectivity index (χ3n) is 8.52. The Kier molecular flexibility index (Phi) is 11.3. The minimum Gasteiger partial charge on any atom is -0.394 e. The number of hydrogen-bond acceptors (Lipinski definition) is 18. The predicted octanol–water partition coefficient (Wildman–Crippen LogP) is 1.64. The lowest BCUT2D eigenvalue weighted by molar-refractivity contribution is -0.0511. The second kappa shape index (κ2) is 15.9. The SMILES string of the molecule is OC[C@H]1O[C@@H](n2cnc3c(NCc4ccsc4Cl)ncnc32)[C@H](O)[C@@H]1O.OC[C@H]1O[C@@H](n2cnc3c(NCc4csc(Br)c4)ncnc32)[C@H](O)[C@@H]1O. The normalized spacial score (nSPS) is 25.8. The van der Waals surface area contributed by atoms with Gasteiger partial charge in [-0.3, -0.25) is 9.13 Å². The fraction of sp³-hybridized carbons (Fsp3) is 0.400. The number of rotatable bonds is 10. The van der Waals surface area contributed by atoms with Crippen molar-refractivity contribution in [2.75, 3.05) is 23.8 Å². The van der Waals surface area contributed by atoms with Gasteiger partial charge in [0.25, 0.3) is 0 Å². The number of anilines is 2. The van der Waals surface area contributed by atoms with Crippen LogP contribution in [0.4, 0.5) is 11.6 Å². The summed E-state index contributed by atoms with van der Waals surface area (Å²) in [6.07, 6.45) is -2.58. The molecule has 22 heteroatoms. The summed E-state index contributed by atoms with van der Waals surface area (Å²) in [4.78, 5) is 25.5. The molecule has 8 atom stereocenters. The first kappa shape index (κ1) is 36.9. The molecule has 6 aromatic heterocycles. The Bertz CT molecular complexity index is 2140. The van der Waals surface area contributed by atoms with E-state index >= 15 is 0 Å². The summed E-state index contributed by atoms with van der Waals surface area (Å²) in [6.45, 7) is 0.272. The van der Waals surface area contributed by atoms with E-state index in [1.165, 1.54) is 45.8 Å². The molecule has 6 aromatic rings. The molecule has 8 heterocycles. The Balaban J connectivity index is 0.000000162. The average Bonchev–Trinajstić information content (AvgIpc) is 4.02. The molecule has 0 aromatic carbocycles. The van der Waals surface area contributed by atoms with Gasteiger partial charge in [0.2, 0.25) is 0 Å². The van der Waals surface area contributed by atoms with E-state index in [4.69, 9.17) is 21.1 Å². The number of fused-ring (bicyclic) bond motifs is 2. The van der Waals surface area contributed by atoms with Crippen molar-refractivity contribution in [2.24, 2.45) is 0 Å². The van der Waals surface area contributed by atoms with Crippen LogP contribution in [0.5, 0.6) is 0 Å². The molecule has 52 heavy (non-hydrogen) atoms. The van der Waals surface area contributed by atoms with Crippen molar-refractivity contribution in [3.8, 4) is 0 Å². The Hall–Kier alpha value is -3.45. The van der Waals surface area contributed by atoms with Crippen molar-refractivity contribution >= 4 is 84.2 Å². The molecule has 0 aliphatic carbocycles. The largest absolute Gasteiger partial charge is 0.394 e. The van der Waals surface area contributed by atoms with Crippen LogP contribution in [0, 0.1) is 0 Å². The third kappa shape index (κ3) is 7.23. The molecule has 18 nitrogen and oxygen atoms in total. The highest BCUT2D eigenvalue weighted by Crippen LogP contribution is 2.34. The molecule has 2 saturated heterocycles. The highest BCUT2D eigenvalue weighted by Gasteiger charge is 2.45. The molecule has 0 unspecified atom stereocenters. The van der Waals surface area contributed by atoms with Gasteiger partial charge in [0.15, 0.2) is 46.4 Å². The summed E-state index contributed by atoms with van der Waals surface area (Å²) in [7, 11) is 0. The van der Waals surface area contributed by atoms with Crippen molar-refractivity contribution in [1.29, 1.82) is 0 Å². The van der Waals surface area contributed by atoms with Gasteiger partial charge in [-0.2, -0.15) is 0 Å². The summed E-state index contributed by atoms with van der Waals surface area (Å²) in [5.74, 6) is 1.07. The van der Waals surface area contributed by atoms with Crippen LogP contribution in [0.15, 0.2) is 52.0 Å². The summed E-state index contributed by atoms with van der Waals surface area (Å²) in [6, 6.07) is 3.95. The van der Waals surface area contributed by atoms with E-state index in [1.54, 1.807) is 11.3 Å². The quantitative estimate of drug-likeness (QED) is 0.0977. The zero-order chi connectivity index (χ0) is 36.5. The number of aliphatic hydroxyl groups excluding tert-OH is 6. The lowest BCUT2D eigenvalue weighted by atomic mass is 10.1. The number of nitrogens with one attached hydrogen (secondary N) is 2. The lowest BCUT2D eigenvalue weighted by Crippen LogP contribution is -2.33. The Labute approximate surface area is 315 Å². The molecule has 0 spiro atoms. The zero-order valence-electron chi connectivity index (χ0n) is 26.7. The first-order valence-corrected chi connectivity index (χ1v) is 18.6. The predicted molar refractivity (Wildman–Crippen MR) is 193 cm³/mol. The van der Waals surface area contributed by atoms with Crippen LogP contribution in [0.2, 0.25) is 4.34 Å². The van der Waals surface area contributed by atoms with Crippen LogP contribution >= 0.6 is 50.2 Å². The van der Waals surface area contributed by atoms with Gasteiger partial charge in [-0.15, -0.1) is 22.7 Å². The number of thiophene rings is 2. The molecular formula is C30H32BrClN10O8S2. The molecular weight excluding hydrogens is 808 g/mol. The molecule has 0 bridgehead atoms. The van der Waals surface area contributed by atoms with Crippen LogP contribution in [-0.2, 0) is 22.6 Å². The number of imidazole rings is 2. The molecule has 0 amide bonds. The van der Waals surface area contributed by atoms with Crippen LogP contribution in [-0.4, -0.2) is 120 Å². The van der Waals surface area contributed by atoms with Crippen LogP contribution in [0.1, 0.15) is 23.6 Å². The Morgan fingerprint density at radius 1 is 0.750 bits per heavy atom. The second-order valence-electron chi connectivity index (χ2n) is 11.7. The van der Waals surface area contributed by atoms with E-state index < -0.39 is 55.7 Å². The van der Waals surface area contributed by atoms with Crippen molar-refractivity contribution in [2.45, 2.75) is 62.2 Å². The topological polar surface area (TPSA) is 251 Å². The van der Waals surface area contributed by atoms with Gasteiger partial charge in [-0.05, 0) is 44.4 Å². The minimum absolute atomic E-state index is 0.390. The summed E-state index contributed by atoms with van der Waals surface area (Å²) < 4.78 is 15.9. The maximum absolute atomic E-state index is 10.2. The van der Waals surface area contributed by atoms with Crippen molar-refractivity contribution in [3.63, 3.8) is 0 Å². The van der Waals surface area contributed by atoms with Gasteiger partial charge in [-0.1, -0.05) is 11.6 Å². The van der Waals surface area contributed by atoms with E-state index in [0.29, 0.717) is 51.4 Å². The van der Waals surface area contributed by atoms with E-state index in [2.05, 4.69) is 56.5 Å². The molecule has 8 N–H and O–H groups in total. The number of nitrogens with zero attached hydrogens (tertiary/aromatic N) is 8.